The Kier molecular flexibility index (Phi) is 10.3. The van der Waals surface area contributed by atoms with Crippen LogP contribution in [0.2, 0.25) is 0 Å². The molecule has 0 aliphatic carbocycles. The molecule has 1 saturated heterocycles. The molecule has 4 atom stereocenters. The Bertz CT molecular complexity index is 1170. The van der Waals surface area contributed by atoms with Crippen LogP contribution < -0.4 is 16.3 Å². The number of rotatable bonds is 10. The molecule has 0 spiro atoms. The average Bonchev–Trinajstić information content (AvgIpc) is 3.19. The fraction of sp³-hybridized carbons (Fsp3) is 0.684. The number of nitrogens with zero attached hydrogens (tertiary/aromatic N) is 4. The van der Waals surface area contributed by atoms with Crippen LogP contribution in [0.3, 0.4) is 0 Å². The summed E-state index contributed by atoms with van der Waals surface area (Å²) in [4.78, 5) is 52.6. The third kappa shape index (κ3) is 8.22. The number of aryl methyl sites for hydroxylation is 1. The zero-order valence-electron chi connectivity index (χ0n) is 20.5. The molecule has 0 radical (unpaired) electrons. The van der Waals surface area contributed by atoms with Crippen LogP contribution in [-0.4, -0.2) is 59.0 Å². The zero-order chi connectivity index (χ0) is 27.1. The number of carbonyl (C=O) groups excluding carboxylic acids is 2. The minimum Gasteiger partial charge on any atom is -0.453 e. The number of ether oxygens (including phenoxy) is 2. The first kappa shape index (κ1) is 29.6. The summed E-state index contributed by atoms with van der Waals surface area (Å²) >= 11 is 0.978. The van der Waals surface area contributed by atoms with Crippen molar-refractivity contribution >= 4 is 30.7 Å². The highest BCUT2D eigenvalue weighted by atomic mass is 32.2. The summed E-state index contributed by atoms with van der Waals surface area (Å²) in [5.74, 6) is 0.143. The molecule has 0 saturated carbocycles. The van der Waals surface area contributed by atoms with E-state index in [4.69, 9.17) is 19.3 Å². The summed E-state index contributed by atoms with van der Waals surface area (Å²) in [6.45, 7) is 6.13. The molecular weight excluding hydrogens is 519 g/mol. The highest BCUT2D eigenvalue weighted by Crippen LogP contribution is 2.45. The lowest BCUT2D eigenvalue weighted by molar-refractivity contribution is -0.117. The summed E-state index contributed by atoms with van der Waals surface area (Å²) in [6.07, 6.45) is -1.59. The van der Waals surface area contributed by atoms with Gasteiger partial charge in [0.05, 0.1) is 32.5 Å². The van der Waals surface area contributed by atoms with E-state index in [1.54, 1.807) is 20.8 Å². The van der Waals surface area contributed by atoms with Crippen molar-refractivity contribution < 1.29 is 32.7 Å². The molecule has 17 heteroatoms. The van der Waals surface area contributed by atoms with E-state index in [0.29, 0.717) is 0 Å². The number of H-pyrrole nitrogens is 1. The van der Waals surface area contributed by atoms with Crippen LogP contribution in [0.15, 0.2) is 20.9 Å². The van der Waals surface area contributed by atoms with Crippen molar-refractivity contribution in [1.29, 1.82) is 0 Å². The van der Waals surface area contributed by atoms with Gasteiger partial charge in [-0.1, -0.05) is 37.6 Å². The van der Waals surface area contributed by atoms with Crippen LogP contribution >= 0.6 is 19.5 Å². The molecule has 200 valence electrons. The number of hydrogen-bond acceptors (Lipinski definition) is 11. The first-order valence-electron chi connectivity index (χ1n) is 10.7. The monoisotopic (exact) mass is 548 g/mol. The van der Waals surface area contributed by atoms with Crippen molar-refractivity contribution in [2.45, 2.75) is 52.5 Å². The largest absolute Gasteiger partial charge is 0.453 e. The van der Waals surface area contributed by atoms with Gasteiger partial charge in [0.2, 0.25) is 0 Å². The van der Waals surface area contributed by atoms with Crippen LogP contribution in [0.4, 0.5) is 4.79 Å². The Hall–Kier alpha value is -2.61. The Morgan fingerprint density at radius 3 is 2.69 bits per heavy atom. The van der Waals surface area contributed by atoms with Crippen molar-refractivity contribution in [3.8, 4) is 0 Å². The van der Waals surface area contributed by atoms with E-state index in [1.165, 1.54) is 13.1 Å². The number of hydrogen-bond donors (Lipinski definition) is 2. The molecule has 2 rings (SSSR count). The van der Waals surface area contributed by atoms with Gasteiger partial charge in [-0.2, -0.15) is 0 Å². The van der Waals surface area contributed by atoms with E-state index in [1.807, 2.05) is 5.09 Å². The minimum absolute atomic E-state index is 0.0601. The highest BCUT2D eigenvalue weighted by molar-refractivity contribution is 8.13. The summed E-state index contributed by atoms with van der Waals surface area (Å²) in [6, 6.07) is -0.828. The Morgan fingerprint density at radius 1 is 1.39 bits per heavy atom. The standard InChI is InChI=1S/C19H29N6O9PS/c1-11-9-25(17(28)21-15(11)26)14-8-12(22-24-20)13(34-14)10-33-35(30,23-18(29)31-5)32-6-7-36-16(27)19(2,3)4/h9,12-14H,6-8,10H2,1-5H3,(H,21,26,28)(H,23,29,30)/t12-,13+,14+,35?/m0/s1. The molecule has 0 bridgehead atoms. The van der Waals surface area contributed by atoms with Gasteiger partial charge < -0.3 is 9.47 Å². The van der Waals surface area contributed by atoms with Crippen LogP contribution in [0, 0.1) is 12.3 Å². The molecule has 1 fully saturated rings. The first-order chi connectivity index (χ1) is 16.8. The number of azide groups is 1. The van der Waals surface area contributed by atoms with E-state index < -0.39 is 55.5 Å². The fourth-order valence-electron chi connectivity index (χ4n) is 2.96. The molecule has 15 nitrogen and oxygen atoms in total. The van der Waals surface area contributed by atoms with Crippen molar-refractivity contribution in [1.82, 2.24) is 14.6 Å². The van der Waals surface area contributed by atoms with Crippen molar-refractivity contribution in [3.05, 3.63) is 43.0 Å². The molecule has 1 aliphatic heterocycles. The normalized spacial score (nSPS) is 21.3. The number of thioether (sulfide) groups is 1. The van der Waals surface area contributed by atoms with Crippen molar-refractivity contribution in [2.24, 2.45) is 10.5 Å². The van der Waals surface area contributed by atoms with E-state index in [-0.39, 0.29) is 29.5 Å². The average molecular weight is 549 g/mol. The quantitative estimate of drug-likeness (QED) is 0.144. The van der Waals surface area contributed by atoms with Crippen LogP contribution in [0.5, 0.6) is 0 Å². The van der Waals surface area contributed by atoms with Gasteiger partial charge in [0.1, 0.15) is 6.23 Å². The predicted octanol–water partition coefficient (Wildman–Crippen LogP) is 2.61. The third-order valence-corrected chi connectivity index (χ3v) is 7.59. The smallest absolute Gasteiger partial charge is 0.437 e. The molecule has 1 aromatic heterocycles. The van der Waals surface area contributed by atoms with Gasteiger partial charge >= 0.3 is 19.5 Å². The predicted molar refractivity (Wildman–Crippen MR) is 129 cm³/mol. The zero-order valence-corrected chi connectivity index (χ0v) is 22.2. The number of amides is 1. The molecule has 1 amide bonds. The summed E-state index contributed by atoms with van der Waals surface area (Å²) in [5.41, 5.74) is 7.35. The summed E-state index contributed by atoms with van der Waals surface area (Å²) < 4.78 is 35.2. The second-order valence-corrected chi connectivity index (χ2v) is 11.5. The lowest BCUT2D eigenvalue weighted by Gasteiger charge is -2.22. The van der Waals surface area contributed by atoms with Crippen LogP contribution in [0.25, 0.3) is 10.4 Å². The molecule has 1 unspecified atom stereocenters. The Morgan fingerprint density at radius 2 is 2.08 bits per heavy atom. The Labute approximate surface area is 210 Å². The fourth-order valence-corrected chi connectivity index (χ4v) is 5.06. The summed E-state index contributed by atoms with van der Waals surface area (Å²) in [7, 11) is -3.23. The maximum atomic E-state index is 13.1. The van der Waals surface area contributed by atoms with E-state index >= 15 is 0 Å². The van der Waals surface area contributed by atoms with Crippen LogP contribution in [-0.2, 0) is 27.9 Å². The number of aromatic amines is 1. The highest BCUT2D eigenvalue weighted by Gasteiger charge is 2.39. The van der Waals surface area contributed by atoms with Gasteiger partial charge in [0.15, 0.2) is 5.12 Å². The van der Waals surface area contributed by atoms with E-state index in [2.05, 4.69) is 19.7 Å². The van der Waals surface area contributed by atoms with Crippen molar-refractivity contribution in [3.63, 3.8) is 0 Å². The lowest BCUT2D eigenvalue weighted by atomic mass is 10.00. The molecule has 2 N–H and O–H groups in total. The van der Waals surface area contributed by atoms with E-state index in [9.17, 15) is 23.7 Å². The molecule has 2 heterocycles. The number of aromatic nitrogens is 2. The third-order valence-electron chi connectivity index (χ3n) is 4.87. The molecular formula is C19H29N6O9PS. The van der Waals surface area contributed by atoms with Gasteiger partial charge in [-0.15, -0.1) is 0 Å². The molecule has 1 aromatic rings. The topological polar surface area (TPSA) is 204 Å². The second kappa shape index (κ2) is 12.6. The van der Waals surface area contributed by atoms with Gasteiger partial charge in [0.25, 0.3) is 5.56 Å². The molecule has 1 aliphatic rings. The second-order valence-electron chi connectivity index (χ2n) is 8.73. The maximum Gasteiger partial charge on any atom is 0.437 e. The molecule has 36 heavy (non-hydrogen) atoms. The van der Waals surface area contributed by atoms with Gasteiger partial charge in [0, 0.05) is 34.3 Å². The minimum atomic E-state index is -4.29. The van der Waals surface area contributed by atoms with Gasteiger partial charge in [-0.3, -0.25) is 28.2 Å². The first-order valence-corrected chi connectivity index (χ1v) is 13.3. The number of carbonyl (C=O) groups is 2. The number of nitrogens with one attached hydrogen (secondary N) is 2. The lowest BCUT2D eigenvalue weighted by Crippen LogP contribution is -2.33. The number of methoxy groups -OCH3 is 1. The van der Waals surface area contributed by atoms with Gasteiger partial charge in [-0.05, 0) is 12.5 Å². The van der Waals surface area contributed by atoms with Crippen molar-refractivity contribution in [2.75, 3.05) is 26.1 Å². The van der Waals surface area contributed by atoms with Crippen LogP contribution in [0.1, 0.15) is 39.0 Å². The SMILES string of the molecule is COC(=O)NP(=O)(OCCSC(=O)C(C)(C)C)OC[C@H]1O[C@@H](n2cc(C)c(=O)[nH]c2=O)C[C@@H]1N=[N+]=[N-]. The maximum absolute atomic E-state index is 13.1. The Balaban J connectivity index is 2.11. The van der Waals surface area contributed by atoms with E-state index in [0.717, 1.165) is 23.4 Å². The molecule has 0 aromatic carbocycles. The summed E-state index contributed by atoms with van der Waals surface area (Å²) in [5, 5.41) is 5.55. The van der Waals surface area contributed by atoms with Gasteiger partial charge in [-0.25, -0.2) is 19.2 Å².